The molecular weight excluding hydrogens is 488 g/mol. The van der Waals surface area contributed by atoms with Crippen molar-refractivity contribution in [2.24, 2.45) is 11.3 Å². The molecule has 2 N–H and O–H groups in total. The van der Waals surface area contributed by atoms with E-state index in [4.69, 9.17) is 9.47 Å². The summed E-state index contributed by atoms with van der Waals surface area (Å²) in [4.78, 5) is 18.4. The molecule has 0 radical (unpaired) electrons. The van der Waals surface area contributed by atoms with E-state index in [9.17, 15) is 13.6 Å². The molecule has 0 bridgehead atoms. The summed E-state index contributed by atoms with van der Waals surface area (Å²) in [6.45, 7) is 5.44. The number of fused-ring (bicyclic) bond motifs is 1. The summed E-state index contributed by atoms with van der Waals surface area (Å²) < 4.78 is 39.0. The molecule has 3 fully saturated rings. The van der Waals surface area contributed by atoms with E-state index in [2.05, 4.69) is 34.3 Å². The fourth-order valence-electron chi connectivity index (χ4n) is 6.64. The quantitative estimate of drug-likeness (QED) is 0.422. The Morgan fingerprint density at radius 3 is 2.63 bits per heavy atom. The lowest BCUT2D eigenvalue weighted by Crippen LogP contribution is -2.53. The lowest BCUT2D eigenvalue weighted by Gasteiger charge is -2.54. The number of piperidine rings is 1. The predicted octanol–water partition coefficient (Wildman–Crippen LogP) is 5.61. The molecule has 38 heavy (non-hydrogen) atoms. The minimum Gasteiger partial charge on any atom is -0.496 e. The van der Waals surface area contributed by atoms with Crippen LogP contribution in [0, 0.1) is 18.3 Å². The third-order valence-electron chi connectivity index (χ3n) is 8.77. The van der Waals surface area contributed by atoms with Gasteiger partial charge in [0.15, 0.2) is 0 Å². The number of nitrogens with one attached hydrogen (secondary N) is 2. The number of hydrogen-bond donors (Lipinski definition) is 2. The molecule has 1 spiro atoms. The number of aryl methyl sites for hydroxylation is 1. The van der Waals surface area contributed by atoms with E-state index in [1.54, 1.807) is 7.11 Å². The number of amides is 1. The predicted molar refractivity (Wildman–Crippen MR) is 142 cm³/mol. The number of rotatable bonds is 7. The molecule has 3 aromatic rings. The Morgan fingerprint density at radius 2 is 1.97 bits per heavy atom. The van der Waals surface area contributed by atoms with Gasteiger partial charge in [0.25, 0.3) is 5.91 Å². The third-order valence-corrected chi connectivity index (χ3v) is 8.77. The number of alkyl halides is 2. The summed E-state index contributed by atoms with van der Waals surface area (Å²) in [5.41, 5.74) is 4.65. The van der Waals surface area contributed by atoms with Gasteiger partial charge in [-0.2, -0.15) is 0 Å². The van der Waals surface area contributed by atoms with Crippen LogP contribution in [0.5, 0.6) is 5.75 Å². The van der Waals surface area contributed by atoms with Crippen LogP contribution < -0.4 is 10.1 Å². The summed E-state index contributed by atoms with van der Waals surface area (Å²) >= 11 is 0. The lowest BCUT2D eigenvalue weighted by atomic mass is 9.59. The fourth-order valence-corrected chi connectivity index (χ4v) is 6.64. The smallest absolute Gasteiger partial charge is 0.251 e. The van der Waals surface area contributed by atoms with Crippen molar-refractivity contribution in [2.75, 3.05) is 33.4 Å². The lowest BCUT2D eigenvalue weighted by molar-refractivity contribution is -0.186. The highest BCUT2D eigenvalue weighted by molar-refractivity contribution is 5.94. The van der Waals surface area contributed by atoms with Gasteiger partial charge in [0, 0.05) is 66.1 Å². The van der Waals surface area contributed by atoms with Crippen LogP contribution in [0.25, 0.3) is 10.9 Å². The van der Waals surface area contributed by atoms with Gasteiger partial charge in [-0.25, -0.2) is 8.78 Å². The number of aromatic nitrogens is 1. The minimum atomic E-state index is -2.56. The Morgan fingerprint density at radius 1 is 1.21 bits per heavy atom. The van der Waals surface area contributed by atoms with E-state index in [1.807, 2.05) is 30.5 Å². The molecule has 1 saturated carbocycles. The van der Waals surface area contributed by atoms with E-state index in [1.165, 1.54) is 0 Å². The van der Waals surface area contributed by atoms with E-state index < -0.39 is 5.92 Å². The molecule has 8 heteroatoms. The third kappa shape index (κ3) is 4.69. The summed E-state index contributed by atoms with van der Waals surface area (Å²) in [7, 11) is 1.69. The molecule has 3 heterocycles. The van der Waals surface area contributed by atoms with Crippen molar-refractivity contribution in [3.05, 3.63) is 64.8 Å². The molecule has 2 saturated heterocycles. The summed E-state index contributed by atoms with van der Waals surface area (Å²) in [6.07, 6.45) is 3.31. The molecular formula is C30H35F2N3O3. The number of aromatic amines is 1. The maximum absolute atomic E-state index is 14.0. The van der Waals surface area contributed by atoms with E-state index in [0.29, 0.717) is 44.2 Å². The highest BCUT2D eigenvalue weighted by Crippen LogP contribution is 2.60. The molecule has 1 aliphatic carbocycles. The number of likely N-dealkylation sites (tertiary alicyclic amines) is 1. The Hall–Kier alpha value is -2.97. The largest absolute Gasteiger partial charge is 0.496 e. The van der Waals surface area contributed by atoms with Crippen molar-refractivity contribution in [2.45, 2.75) is 51.1 Å². The molecule has 2 aliphatic heterocycles. The normalized spacial score (nSPS) is 22.7. The Balaban J connectivity index is 1.27. The van der Waals surface area contributed by atoms with Gasteiger partial charge in [-0.3, -0.25) is 9.69 Å². The van der Waals surface area contributed by atoms with Crippen LogP contribution in [0.3, 0.4) is 0 Å². The molecule has 2 aromatic carbocycles. The van der Waals surface area contributed by atoms with Crippen molar-refractivity contribution in [1.82, 2.24) is 15.2 Å². The number of ether oxygens (including phenoxy) is 2. The van der Waals surface area contributed by atoms with Crippen molar-refractivity contribution in [3.8, 4) is 5.75 Å². The van der Waals surface area contributed by atoms with Gasteiger partial charge in [0.1, 0.15) is 5.75 Å². The number of halogens is 2. The standard InChI is InChI=1S/C30H35F2N3O3/c1-19-11-26(37-2)24(23-7-9-33-27(19)23)14-35-10-8-29(17-30(31,32)18-29)12-25(35)21-3-5-22(6-4-21)28(36)34-13-20-15-38-16-20/h3-7,9,11,20,25,33H,8,10,12-18H2,1-2H3,(H,34,36). The van der Waals surface area contributed by atoms with Crippen LogP contribution in [0.2, 0.25) is 0 Å². The zero-order valence-corrected chi connectivity index (χ0v) is 22.0. The van der Waals surface area contributed by atoms with Crippen LogP contribution in [0.4, 0.5) is 8.78 Å². The molecule has 1 unspecified atom stereocenters. The Labute approximate surface area is 221 Å². The van der Waals surface area contributed by atoms with Crippen molar-refractivity contribution >= 4 is 16.8 Å². The zero-order chi connectivity index (χ0) is 26.5. The van der Waals surface area contributed by atoms with Gasteiger partial charge in [-0.1, -0.05) is 12.1 Å². The Bertz CT molecular complexity index is 1320. The van der Waals surface area contributed by atoms with Crippen LogP contribution in [-0.4, -0.2) is 55.1 Å². The first-order valence-electron chi connectivity index (χ1n) is 13.5. The second-order valence-corrected chi connectivity index (χ2v) is 11.5. The second kappa shape index (κ2) is 9.65. The number of carbonyl (C=O) groups excluding carboxylic acids is 1. The van der Waals surface area contributed by atoms with Gasteiger partial charge in [0.2, 0.25) is 5.92 Å². The number of H-pyrrole nitrogens is 1. The SMILES string of the molecule is COc1cc(C)c2[nH]ccc2c1CN1CCC2(CC1c1ccc(C(=O)NCC3COC3)cc1)CC(F)(F)C2. The molecule has 6 rings (SSSR count). The molecule has 6 nitrogen and oxygen atoms in total. The second-order valence-electron chi connectivity index (χ2n) is 11.5. The van der Waals surface area contributed by atoms with Gasteiger partial charge in [-0.15, -0.1) is 0 Å². The fraction of sp³-hybridized carbons (Fsp3) is 0.500. The average molecular weight is 524 g/mol. The maximum atomic E-state index is 14.0. The van der Waals surface area contributed by atoms with Crippen LogP contribution in [-0.2, 0) is 11.3 Å². The van der Waals surface area contributed by atoms with Gasteiger partial charge in [0.05, 0.1) is 20.3 Å². The number of nitrogens with zero attached hydrogens (tertiary/aromatic N) is 1. The number of methoxy groups -OCH3 is 1. The minimum absolute atomic E-state index is 0.0240. The van der Waals surface area contributed by atoms with E-state index in [0.717, 1.165) is 46.3 Å². The highest BCUT2D eigenvalue weighted by atomic mass is 19.3. The molecule has 3 aliphatic rings. The van der Waals surface area contributed by atoms with Gasteiger partial charge < -0.3 is 19.8 Å². The van der Waals surface area contributed by atoms with Crippen LogP contribution in [0.1, 0.15) is 58.8 Å². The highest BCUT2D eigenvalue weighted by Gasteiger charge is 2.58. The van der Waals surface area contributed by atoms with Crippen molar-refractivity contribution in [1.29, 1.82) is 0 Å². The molecule has 1 aromatic heterocycles. The molecule has 1 atom stereocenters. The number of benzene rings is 2. The topological polar surface area (TPSA) is 66.6 Å². The zero-order valence-electron chi connectivity index (χ0n) is 22.0. The average Bonchev–Trinajstić information content (AvgIpc) is 3.35. The van der Waals surface area contributed by atoms with E-state index >= 15 is 0 Å². The van der Waals surface area contributed by atoms with Crippen molar-refractivity contribution < 1.29 is 23.0 Å². The van der Waals surface area contributed by atoms with Crippen LogP contribution in [0.15, 0.2) is 42.6 Å². The maximum Gasteiger partial charge on any atom is 0.251 e. The molecule has 1 amide bonds. The van der Waals surface area contributed by atoms with Crippen LogP contribution >= 0.6 is 0 Å². The first-order valence-corrected chi connectivity index (χ1v) is 13.5. The van der Waals surface area contributed by atoms with Gasteiger partial charge in [-0.05, 0) is 67.1 Å². The summed E-state index contributed by atoms with van der Waals surface area (Å²) in [6, 6.07) is 11.8. The first kappa shape index (κ1) is 25.3. The summed E-state index contributed by atoms with van der Waals surface area (Å²) in [5, 5.41) is 4.11. The van der Waals surface area contributed by atoms with E-state index in [-0.39, 0.29) is 30.2 Å². The monoisotopic (exact) mass is 523 g/mol. The van der Waals surface area contributed by atoms with Crippen molar-refractivity contribution in [3.63, 3.8) is 0 Å². The molecule has 202 valence electrons. The number of carbonyl (C=O) groups is 1. The first-order chi connectivity index (χ1) is 18.3. The Kier molecular flexibility index (Phi) is 6.43. The van der Waals surface area contributed by atoms with Gasteiger partial charge >= 0.3 is 0 Å². The number of hydrogen-bond acceptors (Lipinski definition) is 4. The summed E-state index contributed by atoms with van der Waals surface area (Å²) in [5.74, 6) is -1.43.